The van der Waals surface area contributed by atoms with E-state index in [0.29, 0.717) is 24.0 Å². The van der Waals surface area contributed by atoms with Crippen LogP contribution in [0.2, 0.25) is 0 Å². The maximum atomic E-state index is 11.3. The van der Waals surface area contributed by atoms with Crippen molar-refractivity contribution in [1.29, 1.82) is 0 Å². The van der Waals surface area contributed by atoms with Gasteiger partial charge in [0.15, 0.2) is 0 Å². The second-order valence-corrected chi connectivity index (χ2v) is 5.07. The van der Waals surface area contributed by atoms with Crippen molar-refractivity contribution in [3.05, 3.63) is 36.2 Å². The first-order valence-corrected chi connectivity index (χ1v) is 7.02. The molecule has 0 saturated heterocycles. The zero-order valence-electron chi connectivity index (χ0n) is 11.9. The van der Waals surface area contributed by atoms with Crippen LogP contribution < -0.4 is 15.4 Å². The van der Waals surface area contributed by atoms with E-state index in [-0.39, 0.29) is 0 Å². The van der Waals surface area contributed by atoms with Gasteiger partial charge in [-0.25, -0.2) is 14.8 Å². The summed E-state index contributed by atoms with van der Waals surface area (Å²) in [6, 6.07) is 6.90. The van der Waals surface area contributed by atoms with Crippen molar-refractivity contribution in [3.63, 3.8) is 0 Å². The number of amides is 1. The maximum Gasteiger partial charge on any atom is 0.411 e. The van der Waals surface area contributed by atoms with E-state index in [1.165, 1.54) is 17.3 Å². The lowest BCUT2D eigenvalue weighted by molar-refractivity contribution is 0.202. The van der Waals surface area contributed by atoms with Gasteiger partial charge in [0.25, 0.3) is 0 Å². The van der Waals surface area contributed by atoms with Gasteiger partial charge in [0.1, 0.15) is 17.9 Å². The van der Waals surface area contributed by atoms with Gasteiger partial charge in [-0.1, -0.05) is 0 Å². The molecule has 114 valence electrons. The molecule has 7 nitrogen and oxygen atoms in total. The molecule has 1 aliphatic rings. The summed E-state index contributed by atoms with van der Waals surface area (Å²) in [4.78, 5) is 20.5. The third-order valence-corrected chi connectivity index (χ3v) is 3.54. The second-order valence-electron chi connectivity index (χ2n) is 5.07. The smallest absolute Gasteiger partial charge is 0.411 e. The Labute approximate surface area is 127 Å². The van der Waals surface area contributed by atoms with Crippen molar-refractivity contribution < 1.29 is 14.6 Å². The SMILES string of the molecule is Nc1cc(Oc2ccc3c(c2)CCCCN3C(=O)O)ncn1. The highest BCUT2D eigenvalue weighted by Crippen LogP contribution is 2.31. The van der Waals surface area contributed by atoms with Crippen molar-refractivity contribution in [2.45, 2.75) is 19.3 Å². The molecule has 1 aliphatic heterocycles. The number of nitrogen functional groups attached to an aromatic ring is 1. The van der Waals surface area contributed by atoms with E-state index in [4.69, 9.17) is 10.5 Å². The summed E-state index contributed by atoms with van der Waals surface area (Å²) in [5, 5.41) is 9.31. The Bertz CT molecular complexity index is 705. The van der Waals surface area contributed by atoms with Gasteiger partial charge in [-0.15, -0.1) is 0 Å². The fraction of sp³-hybridized carbons (Fsp3) is 0.267. The molecule has 1 aromatic heterocycles. The molecule has 0 atom stereocenters. The Kier molecular flexibility index (Phi) is 3.78. The zero-order chi connectivity index (χ0) is 15.5. The number of nitrogens with zero attached hydrogens (tertiary/aromatic N) is 3. The molecule has 2 aromatic rings. The highest BCUT2D eigenvalue weighted by atomic mass is 16.5. The van der Waals surface area contributed by atoms with Crippen LogP contribution in [0.25, 0.3) is 0 Å². The molecule has 3 rings (SSSR count). The molecule has 0 saturated carbocycles. The van der Waals surface area contributed by atoms with Crippen molar-refractivity contribution in [3.8, 4) is 11.6 Å². The first kappa shape index (κ1) is 14.1. The predicted octanol–water partition coefficient (Wildman–Crippen LogP) is 2.67. The Morgan fingerprint density at radius 2 is 2.14 bits per heavy atom. The molecule has 0 aliphatic carbocycles. The fourth-order valence-corrected chi connectivity index (χ4v) is 2.52. The molecule has 1 amide bonds. The van der Waals surface area contributed by atoms with E-state index in [2.05, 4.69) is 9.97 Å². The largest absolute Gasteiger partial charge is 0.465 e. The van der Waals surface area contributed by atoms with Gasteiger partial charge in [-0.05, 0) is 43.0 Å². The van der Waals surface area contributed by atoms with E-state index in [1.54, 1.807) is 12.1 Å². The van der Waals surface area contributed by atoms with Gasteiger partial charge >= 0.3 is 6.09 Å². The average molecular weight is 300 g/mol. The number of hydrogen-bond donors (Lipinski definition) is 2. The minimum absolute atomic E-state index is 0.330. The van der Waals surface area contributed by atoms with Crippen LogP contribution >= 0.6 is 0 Å². The third-order valence-electron chi connectivity index (χ3n) is 3.54. The van der Waals surface area contributed by atoms with E-state index in [9.17, 15) is 9.90 Å². The van der Waals surface area contributed by atoms with Gasteiger partial charge in [-0.2, -0.15) is 0 Å². The van der Waals surface area contributed by atoms with Crippen molar-refractivity contribution in [1.82, 2.24) is 9.97 Å². The first-order chi connectivity index (χ1) is 10.6. The highest BCUT2D eigenvalue weighted by Gasteiger charge is 2.20. The van der Waals surface area contributed by atoms with Crippen LogP contribution in [0.4, 0.5) is 16.3 Å². The molecular formula is C15H16N4O3. The van der Waals surface area contributed by atoms with Crippen LogP contribution in [0, 0.1) is 0 Å². The summed E-state index contributed by atoms with van der Waals surface area (Å²) in [6.07, 6.45) is 3.02. The second kappa shape index (κ2) is 5.88. The van der Waals surface area contributed by atoms with Crippen LogP contribution in [-0.4, -0.2) is 27.7 Å². The lowest BCUT2D eigenvalue weighted by Gasteiger charge is -2.19. The predicted molar refractivity (Wildman–Crippen MR) is 81.3 cm³/mol. The number of benzene rings is 1. The van der Waals surface area contributed by atoms with E-state index in [1.807, 2.05) is 6.07 Å². The molecule has 7 heteroatoms. The Morgan fingerprint density at radius 3 is 2.91 bits per heavy atom. The van der Waals surface area contributed by atoms with Gasteiger partial charge in [-0.3, -0.25) is 4.90 Å². The van der Waals surface area contributed by atoms with Crippen LogP contribution in [-0.2, 0) is 6.42 Å². The quantitative estimate of drug-likeness (QED) is 0.884. The Hall–Kier alpha value is -2.83. The molecule has 0 fully saturated rings. The summed E-state index contributed by atoms with van der Waals surface area (Å²) in [5.74, 6) is 1.29. The molecule has 1 aromatic carbocycles. The van der Waals surface area contributed by atoms with E-state index in [0.717, 1.165) is 30.5 Å². The number of carboxylic acid groups (broad SMARTS) is 1. The fourth-order valence-electron chi connectivity index (χ4n) is 2.52. The number of rotatable bonds is 2. The molecule has 0 bridgehead atoms. The number of aryl methyl sites for hydroxylation is 1. The van der Waals surface area contributed by atoms with Gasteiger partial charge in [0.2, 0.25) is 5.88 Å². The monoisotopic (exact) mass is 300 g/mol. The molecular weight excluding hydrogens is 284 g/mol. The van der Waals surface area contributed by atoms with Gasteiger partial charge < -0.3 is 15.6 Å². The van der Waals surface area contributed by atoms with Crippen LogP contribution in [0.1, 0.15) is 18.4 Å². The molecule has 22 heavy (non-hydrogen) atoms. The Morgan fingerprint density at radius 1 is 1.27 bits per heavy atom. The molecule has 0 spiro atoms. The van der Waals surface area contributed by atoms with Crippen molar-refractivity contribution in [2.24, 2.45) is 0 Å². The number of carbonyl (C=O) groups is 1. The summed E-state index contributed by atoms with van der Waals surface area (Å²) >= 11 is 0. The van der Waals surface area contributed by atoms with Gasteiger partial charge in [0, 0.05) is 12.6 Å². The third kappa shape index (κ3) is 2.93. The van der Waals surface area contributed by atoms with Crippen LogP contribution in [0.5, 0.6) is 11.6 Å². The maximum absolute atomic E-state index is 11.3. The standard InChI is InChI=1S/C15H16N4O3/c16-13-8-14(18-9-17-13)22-11-4-5-12-10(7-11)3-1-2-6-19(12)15(20)21/h4-5,7-9H,1-3,6H2,(H,20,21)(H2,16,17,18). The highest BCUT2D eigenvalue weighted by molar-refractivity contribution is 5.87. The lowest BCUT2D eigenvalue weighted by Crippen LogP contribution is -2.29. The normalized spacial score (nSPS) is 14.1. The van der Waals surface area contributed by atoms with Crippen molar-refractivity contribution in [2.75, 3.05) is 17.2 Å². The minimum Gasteiger partial charge on any atom is -0.465 e. The summed E-state index contributed by atoms with van der Waals surface area (Å²) in [7, 11) is 0. The Balaban J connectivity index is 1.89. The summed E-state index contributed by atoms with van der Waals surface area (Å²) in [6.45, 7) is 0.519. The number of ether oxygens (including phenoxy) is 1. The minimum atomic E-state index is -0.930. The summed E-state index contributed by atoms with van der Waals surface area (Å²) in [5.41, 5.74) is 7.27. The van der Waals surface area contributed by atoms with Crippen molar-refractivity contribution >= 4 is 17.6 Å². The molecule has 0 radical (unpaired) electrons. The number of anilines is 2. The number of aromatic nitrogens is 2. The average Bonchev–Trinajstić information content (AvgIpc) is 2.69. The van der Waals surface area contributed by atoms with Gasteiger partial charge in [0.05, 0.1) is 5.69 Å². The molecule has 2 heterocycles. The number of hydrogen-bond acceptors (Lipinski definition) is 5. The summed E-state index contributed by atoms with van der Waals surface area (Å²) < 4.78 is 5.66. The van der Waals surface area contributed by atoms with E-state index < -0.39 is 6.09 Å². The lowest BCUT2D eigenvalue weighted by atomic mass is 10.1. The zero-order valence-corrected chi connectivity index (χ0v) is 11.9. The molecule has 3 N–H and O–H groups in total. The van der Waals surface area contributed by atoms with Crippen LogP contribution in [0.15, 0.2) is 30.6 Å². The number of fused-ring (bicyclic) bond motifs is 1. The topological polar surface area (TPSA) is 102 Å². The first-order valence-electron chi connectivity index (χ1n) is 7.02. The van der Waals surface area contributed by atoms with E-state index >= 15 is 0 Å². The van der Waals surface area contributed by atoms with Crippen LogP contribution in [0.3, 0.4) is 0 Å². The molecule has 0 unspecified atom stereocenters. The number of nitrogens with two attached hydrogens (primary N) is 1.